The quantitative estimate of drug-likeness (QED) is 0.601. The fourth-order valence-electron chi connectivity index (χ4n) is 3.27. The molecule has 4 heteroatoms. The van der Waals surface area contributed by atoms with E-state index in [9.17, 15) is 4.79 Å². The van der Waals surface area contributed by atoms with Crippen molar-refractivity contribution < 1.29 is 9.53 Å². The van der Waals surface area contributed by atoms with Crippen molar-refractivity contribution in [2.75, 3.05) is 20.2 Å². The van der Waals surface area contributed by atoms with Crippen molar-refractivity contribution in [2.45, 2.75) is 59.4 Å². The Morgan fingerprint density at radius 1 is 1.08 bits per heavy atom. The maximum absolute atomic E-state index is 13.2. The molecule has 1 heterocycles. The van der Waals surface area contributed by atoms with Crippen LogP contribution in [0.25, 0.3) is 10.9 Å². The number of rotatable bonds is 10. The summed E-state index contributed by atoms with van der Waals surface area (Å²) in [6.07, 6.45) is 7.36. The number of aryl methyl sites for hydroxylation is 1. The third kappa shape index (κ3) is 4.36. The molecule has 0 saturated carbocycles. The molecule has 0 unspecified atom stereocenters. The number of carbonyl (C=O) groups is 1. The molecule has 0 spiro atoms. The first-order chi connectivity index (χ1) is 12.2. The van der Waals surface area contributed by atoms with Crippen molar-refractivity contribution in [3.63, 3.8) is 0 Å². The largest absolute Gasteiger partial charge is 0.495 e. The third-order valence-corrected chi connectivity index (χ3v) is 4.63. The van der Waals surface area contributed by atoms with Crippen LogP contribution in [0, 0.1) is 0 Å². The zero-order valence-corrected chi connectivity index (χ0v) is 16.2. The van der Waals surface area contributed by atoms with Crippen molar-refractivity contribution in [2.24, 2.45) is 0 Å². The first-order valence-electron chi connectivity index (χ1n) is 9.62. The summed E-state index contributed by atoms with van der Waals surface area (Å²) in [5.41, 5.74) is 1.84. The molecule has 1 aromatic heterocycles. The molecule has 0 bridgehead atoms. The van der Waals surface area contributed by atoms with Gasteiger partial charge in [0, 0.05) is 31.2 Å². The molecule has 0 aliphatic carbocycles. The minimum atomic E-state index is 0.142. The monoisotopic (exact) mass is 344 g/mol. The number of aromatic nitrogens is 1. The second-order valence-corrected chi connectivity index (χ2v) is 6.59. The zero-order chi connectivity index (χ0) is 18.2. The predicted molar refractivity (Wildman–Crippen MR) is 105 cm³/mol. The van der Waals surface area contributed by atoms with Crippen LogP contribution in [0.2, 0.25) is 0 Å². The molecule has 0 N–H and O–H groups in total. The highest BCUT2D eigenvalue weighted by Gasteiger charge is 2.21. The molecule has 0 radical (unpaired) electrons. The standard InChI is InChI=1S/C21H32N2O2/c1-5-8-14-22(13-7-3)21(24)18-16-23(15-9-6-2)20-17(18)11-10-12-19(20)25-4/h10-12,16H,5-9,13-15H2,1-4H3. The van der Waals surface area contributed by atoms with E-state index in [1.165, 1.54) is 0 Å². The fraction of sp³-hybridized carbons (Fsp3) is 0.571. The number of fused-ring (bicyclic) bond motifs is 1. The van der Waals surface area contributed by atoms with Crippen LogP contribution in [0.15, 0.2) is 24.4 Å². The number of benzene rings is 1. The van der Waals surface area contributed by atoms with Gasteiger partial charge in [-0.3, -0.25) is 4.79 Å². The lowest BCUT2D eigenvalue weighted by Gasteiger charge is -2.21. The van der Waals surface area contributed by atoms with Crippen molar-refractivity contribution in [1.29, 1.82) is 0 Å². The summed E-state index contributed by atoms with van der Waals surface area (Å²) in [5, 5.41) is 0.998. The van der Waals surface area contributed by atoms with E-state index in [4.69, 9.17) is 4.74 Å². The lowest BCUT2D eigenvalue weighted by molar-refractivity contribution is 0.0755. The van der Waals surface area contributed by atoms with E-state index in [1.807, 2.05) is 29.3 Å². The minimum absolute atomic E-state index is 0.142. The van der Waals surface area contributed by atoms with Crippen LogP contribution in [0.5, 0.6) is 5.75 Å². The second-order valence-electron chi connectivity index (χ2n) is 6.59. The Kier molecular flexibility index (Phi) is 7.35. The number of ether oxygens (including phenoxy) is 1. The fourth-order valence-corrected chi connectivity index (χ4v) is 3.27. The van der Waals surface area contributed by atoms with Gasteiger partial charge in [-0.1, -0.05) is 45.7 Å². The molecule has 138 valence electrons. The number of nitrogens with zero attached hydrogens (tertiary/aromatic N) is 2. The maximum atomic E-state index is 13.2. The number of methoxy groups -OCH3 is 1. The highest BCUT2D eigenvalue weighted by Crippen LogP contribution is 2.31. The molecule has 0 aliphatic rings. The normalized spacial score (nSPS) is 11.0. The first-order valence-corrected chi connectivity index (χ1v) is 9.62. The van der Waals surface area contributed by atoms with Gasteiger partial charge in [-0.2, -0.15) is 0 Å². The van der Waals surface area contributed by atoms with Gasteiger partial charge in [-0.25, -0.2) is 0 Å². The maximum Gasteiger partial charge on any atom is 0.256 e. The van der Waals surface area contributed by atoms with Gasteiger partial charge >= 0.3 is 0 Å². The zero-order valence-electron chi connectivity index (χ0n) is 16.2. The van der Waals surface area contributed by atoms with Gasteiger partial charge in [0.1, 0.15) is 5.75 Å². The van der Waals surface area contributed by atoms with Crippen LogP contribution in [0.4, 0.5) is 0 Å². The molecule has 0 fully saturated rings. The second kappa shape index (κ2) is 9.50. The van der Waals surface area contributed by atoms with E-state index in [2.05, 4.69) is 25.3 Å². The van der Waals surface area contributed by atoms with Crippen LogP contribution >= 0.6 is 0 Å². The van der Waals surface area contributed by atoms with Gasteiger partial charge in [0.05, 0.1) is 18.2 Å². The van der Waals surface area contributed by atoms with Gasteiger partial charge in [0.2, 0.25) is 0 Å². The molecule has 4 nitrogen and oxygen atoms in total. The van der Waals surface area contributed by atoms with Crippen molar-refractivity contribution in [3.05, 3.63) is 30.0 Å². The smallest absolute Gasteiger partial charge is 0.256 e. The van der Waals surface area contributed by atoms with E-state index >= 15 is 0 Å². The first kappa shape index (κ1) is 19.4. The predicted octanol–water partition coefficient (Wildman–Crippen LogP) is 5.10. The Morgan fingerprint density at radius 2 is 1.84 bits per heavy atom. The van der Waals surface area contributed by atoms with Gasteiger partial charge in [-0.15, -0.1) is 0 Å². The number of hydrogen-bond donors (Lipinski definition) is 0. The minimum Gasteiger partial charge on any atom is -0.495 e. The Morgan fingerprint density at radius 3 is 2.48 bits per heavy atom. The summed E-state index contributed by atoms with van der Waals surface area (Å²) >= 11 is 0. The van der Waals surface area contributed by atoms with E-state index in [1.54, 1.807) is 7.11 Å². The van der Waals surface area contributed by atoms with E-state index in [0.717, 1.165) is 74.0 Å². The Labute approximate surface area is 151 Å². The van der Waals surface area contributed by atoms with Crippen LogP contribution in [-0.2, 0) is 6.54 Å². The molecule has 2 rings (SSSR count). The SMILES string of the molecule is CCCCN(CCC)C(=O)c1cn(CCCC)c2c(OC)cccc12. The van der Waals surface area contributed by atoms with Crippen LogP contribution in [0.1, 0.15) is 63.2 Å². The highest BCUT2D eigenvalue weighted by molar-refractivity contribution is 6.08. The molecule has 1 aromatic carbocycles. The number of unbranched alkanes of at least 4 members (excludes halogenated alkanes) is 2. The molecule has 2 aromatic rings. The van der Waals surface area contributed by atoms with E-state index in [0.29, 0.717) is 0 Å². The summed E-state index contributed by atoms with van der Waals surface area (Å²) in [7, 11) is 1.69. The van der Waals surface area contributed by atoms with Gasteiger partial charge < -0.3 is 14.2 Å². The molecule has 1 amide bonds. The van der Waals surface area contributed by atoms with Crippen LogP contribution in [0.3, 0.4) is 0 Å². The Balaban J connectivity index is 2.47. The molecule has 0 saturated heterocycles. The Hall–Kier alpha value is -1.97. The van der Waals surface area contributed by atoms with Crippen molar-refractivity contribution in [3.8, 4) is 5.75 Å². The average Bonchev–Trinajstić information content (AvgIpc) is 3.01. The van der Waals surface area contributed by atoms with Gasteiger partial charge in [0.25, 0.3) is 5.91 Å². The number of carbonyl (C=O) groups excluding carboxylic acids is 1. The topological polar surface area (TPSA) is 34.5 Å². The lowest BCUT2D eigenvalue weighted by atomic mass is 10.1. The average molecular weight is 344 g/mol. The summed E-state index contributed by atoms with van der Waals surface area (Å²) in [5.74, 6) is 0.979. The molecular weight excluding hydrogens is 312 g/mol. The summed E-state index contributed by atoms with van der Waals surface area (Å²) < 4.78 is 7.76. The van der Waals surface area contributed by atoms with E-state index in [-0.39, 0.29) is 5.91 Å². The van der Waals surface area contributed by atoms with Crippen molar-refractivity contribution >= 4 is 16.8 Å². The third-order valence-electron chi connectivity index (χ3n) is 4.63. The van der Waals surface area contributed by atoms with Crippen LogP contribution in [-0.4, -0.2) is 35.6 Å². The molecule has 25 heavy (non-hydrogen) atoms. The van der Waals surface area contributed by atoms with Gasteiger partial charge in [0.15, 0.2) is 0 Å². The summed E-state index contributed by atoms with van der Waals surface area (Å²) in [6, 6.07) is 5.98. The molecule has 0 aliphatic heterocycles. The number of para-hydroxylation sites is 1. The lowest BCUT2D eigenvalue weighted by Crippen LogP contribution is -2.32. The van der Waals surface area contributed by atoms with E-state index < -0.39 is 0 Å². The molecule has 0 atom stereocenters. The summed E-state index contributed by atoms with van der Waals surface area (Å²) in [6.45, 7) is 9.02. The highest BCUT2D eigenvalue weighted by atomic mass is 16.5. The molecular formula is C21H32N2O2. The van der Waals surface area contributed by atoms with Gasteiger partial charge in [-0.05, 0) is 25.3 Å². The summed E-state index contributed by atoms with van der Waals surface area (Å²) in [4.78, 5) is 15.2. The number of hydrogen-bond acceptors (Lipinski definition) is 2. The Bertz CT molecular complexity index is 691. The van der Waals surface area contributed by atoms with Crippen LogP contribution < -0.4 is 4.74 Å². The number of amides is 1. The van der Waals surface area contributed by atoms with Crippen molar-refractivity contribution in [1.82, 2.24) is 9.47 Å².